The zero-order valence-corrected chi connectivity index (χ0v) is 28.4. The van der Waals surface area contributed by atoms with Crippen molar-refractivity contribution in [3.05, 3.63) is 32.2 Å². The summed E-state index contributed by atoms with van der Waals surface area (Å²) < 4.78 is 14.4. The van der Waals surface area contributed by atoms with Crippen LogP contribution in [0.2, 0.25) is 0 Å². The van der Waals surface area contributed by atoms with E-state index in [-0.39, 0.29) is 45.9 Å². The number of unbranched alkanes of at least 4 members (excludes halogenated alkanes) is 9. The van der Waals surface area contributed by atoms with Crippen LogP contribution in [0.15, 0.2) is 11.0 Å². The van der Waals surface area contributed by atoms with Gasteiger partial charge in [-0.25, -0.2) is 0 Å². The van der Waals surface area contributed by atoms with Gasteiger partial charge in [-0.05, 0) is 39.5 Å². The fourth-order valence-corrected chi connectivity index (χ4v) is 6.53. The van der Waals surface area contributed by atoms with Crippen LogP contribution in [-0.4, -0.2) is 25.2 Å². The highest BCUT2D eigenvalue weighted by Gasteiger charge is 2.21. The predicted octanol–water partition coefficient (Wildman–Crippen LogP) is -0.636. The van der Waals surface area contributed by atoms with Gasteiger partial charge in [-0.1, -0.05) is 74.0 Å². The van der Waals surface area contributed by atoms with E-state index in [1.54, 1.807) is 22.7 Å². The third-order valence-corrected chi connectivity index (χ3v) is 8.79. The summed E-state index contributed by atoms with van der Waals surface area (Å²) >= 11 is 3.51. The minimum Gasteiger partial charge on any atom is -1.00 e. The monoisotopic (exact) mass is 696 g/mol. The van der Waals surface area contributed by atoms with Gasteiger partial charge in [0.05, 0.1) is 23.0 Å². The average molecular weight is 699 g/mol. The number of hydrogen-bond donors (Lipinski definition) is 0. The van der Waals surface area contributed by atoms with E-state index in [9.17, 15) is 9.59 Å². The lowest BCUT2D eigenvalue weighted by Crippen LogP contribution is -3.00. The summed E-state index contributed by atoms with van der Waals surface area (Å²) in [6, 6.07) is 0. The lowest BCUT2D eigenvalue weighted by atomic mass is 10.0. The van der Waals surface area contributed by atoms with E-state index >= 15 is 0 Å². The molecule has 218 valence electrons. The van der Waals surface area contributed by atoms with Crippen LogP contribution < -0.4 is 43.1 Å². The molecule has 0 radical (unpaired) electrons. The first-order valence-corrected chi connectivity index (χ1v) is 15.4. The van der Waals surface area contributed by atoms with Crippen LogP contribution in [0.4, 0.5) is 0 Å². The molecule has 2 aromatic heterocycles. The summed E-state index contributed by atoms with van der Waals surface area (Å²) in [5, 5.41) is 0. The minimum atomic E-state index is -0.132. The molecule has 0 atom stereocenters. The Kier molecular flexibility index (Phi) is 21.4. The molecular formula is C28H46Br2N2O4S2. The van der Waals surface area contributed by atoms with Gasteiger partial charge in [0.1, 0.15) is 26.9 Å². The van der Waals surface area contributed by atoms with Crippen molar-refractivity contribution in [2.75, 3.05) is 13.2 Å². The van der Waals surface area contributed by atoms with Crippen LogP contribution in [0.1, 0.15) is 99.2 Å². The highest BCUT2D eigenvalue weighted by Crippen LogP contribution is 2.19. The molecule has 0 aliphatic heterocycles. The molecular weight excluding hydrogens is 652 g/mol. The van der Waals surface area contributed by atoms with Gasteiger partial charge in [0.2, 0.25) is 22.4 Å². The predicted molar refractivity (Wildman–Crippen MR) is 145 cm³/mol. The van der Waals surface area contributed by atoms with Gasteiger partial charge in [-0.15, -0.1) is 0 Å². The molecule has 0 saturated carbocycles. The van der Waals surface area contributed by atoms with Crippen LogP contribution in [0.25, 0.3) is 0 Å². The molecule has 0 unspecified atom stereocenters. The third-order valence-electron chi connectivity index (χ3n) is 6.49. The molecule has 0 fully saturated rings. The molecule has 6 nitrogen and oxygen atoms in total. The van der Waals surface area contributed by atoms with Crippen molar-refractivity contribution in [3.63, 3.8) is 0 Å². The Hall–Kier alpha value is -0.840. The van der Waals surface area contributed by atoms with Crippen molar-refractivity contribution in [3.8, 4) is 0 Å². The Bertz CT molecular complexity index is 860. The smallest absolute Gasteiger partial charge is 0.316 e. The summed E-state index contributed by atoms with van der Waals surface area (Å²) in [7, 11) is 4.03. The Balaban J connectivity index is 0.00000684. The number of aromatic nitrogens is 2. The number of esters is 2. The fourth-order valence-electron chi connectivity index (χ4n) is 4.48. The number of hydrogen-bond acceptors (Lipinski definition) is 6. The first kappa shape index (κ1) is 37.2. The first-order chi connectivity index (χ1) is 17.5. The lowest BCUT2D eigenvalue weighted by molar-refractivity contribution is -0.674. The maximum absolute atomic E-state index is 11.9. The van der Waals surface area contributed by atoms with Crippen molar-refractivity contribution in [2.24, 2.45) is 14.1 Å². The molecule has 0 amide bonds. The zero-order chi connectivity index (χ0) is 26.2. The van der Waals surface area contributed by atoms with E-state index < -0.39 is 0 Å². The normalized spacial score (nSPS) is 10.5. The number of nitrogens with zero attached hydrogens (tertiary/aromatic N) is 2. The molecule has 0 saturated heterocycles. The largest absolute Gasteiger partial charge is 1.00 e. The van der Waals surface area contributed by atoms with Crippen molar-refractivity contribution in [1.29, 1.82) is 0 Å². The molecule has 0 aliphatic rings. The number of carbonyl (C=O) groups is 2. The second-order valence-electron chi connectivity index (χ2n) is 9.41. The summed E-state index contributed by atoms with van der Waals surface area (Å²) in [4.78, 5) is 26.4. The van der Waals surface area contributed by atoms with Crippen LogP contribution in [-0.2, 0) is 58.8 Å². The zero-order valence-electron chi connectivity index (χ0n) is 23.6. The molecule has 10 heteroatoms. The Morgan fingerprint density at radius 3 is 1.26 bits per heavy atom. The Labute approximate surface area is 258 Å². The van der Waals surface area contributed by atoms with Crippen molar-refractivity contribution in [2.45, 2.75) is 104 Å². The SMILES string of the molecule is CCOC(=O)Cc1c(CCCCCCCCCCCCc2sc[n+](C)c2CC(=O)OCC)sc[n+]1C.[Br-].[Br-]. The van der Waals surface area contributed by atoms with Gasteiger partial charge in [0, 0.05) is 0 Å². The van der Waals surface area contributed by atoms with Crippen LogP contribution >= 0.6 is 22.7 Å². The molecule has 38 heavy (non-hydrogen) atoms. The number of rotatable bonds is 19. The average Bonchev–Trinajstić information content (AvgIpc) is 3.37. The summed E-state index contributed by atoms with van der Waals surface area (Å²) in [6.07, 6.45) is 15.6. The molecule has 0 spiro atoms. The first-order valence-electron chi connectivity index (χ1n) is 13.7. The van der Waals surface area contributed by atoms with E-state index in [1.807, 2.05) is 27.9 Å². The molecule has 0 aliphatic carbocycles. The topological polar surface area (TPSA) is 60.4 Å². The summed E-state index contributed by atoms with van der Waals surface area (Å²) in [6.45, 7) is 4.58. The minimum absolute atomic E-state index is 0. The van der Waals surface area contributed by atoms with E-state index in [4.69, 9.17) is 9.47 Å². The van der Waals surface area contributed by atoms with Crippen molar-refractivity contribution in [1.82, 2.24) is 0 Å². The van der Waals surface area contributed by atoms with E-state index in [1.165, 1.54) is 74.0 Å². The number of aryl methyl sites for hydroxylation is 4. The van der Waals surface area contributed by atoms with Crippen LogP contribution in [0, 0.1) is 0 Å². The highest BCUT2D eigenvalue weighted by molar-refractivity contribution is 7.09. The van der Waals surface area contributed by atoms with Gasteiger partial charge >= 0.3 is 11.9 Å². The second kappa shape index (κ2) is 21.9. The Morgan fingerprint density at radius 2 is 0.947 bits per heavy atom. The maximum Gasteiger partial charge on any atom is 0.316 e. The standard InChI is InChI=1S/C28H46N2O4S2.2BrH/c1-5-33-27(31)19-23-25(35-21-29(23)3)17-15-13-11-9-7-8-10-12-14-16-18-26-24(30(4)22-36-26)20-28(32)34-6-2;;/h21-22H,5-20H2,1-4H3;2*1H/q+2;;/p-2. The van der Waals surface area contributed by atoms with Gasteiger partial charge in [0.25, 0.3) is 0 Å². The molecule has 2 rings (SSSR count). The second-order valence-corrected chi connectivity index (χ2v) is 11.3. The van der Waals surface area contributed by atoms with Gasteiger partial charge in [-0.3, -0.25) is 9.59 Å². The number of halogens is 2. The van der Waals surface area contributed by atoms with Crippen LogP contribution in [0.5, 0.6) is 0 Å². The van der Waals surface area contributed by atoms with E-state index in [0.29, 0.717) is 26.1 Å². The summed E-state index contributed by atoms with van der Waals surface area (Å²) in [5.74, 6) is -0.265. The molecule has 2 heterocycles. The lowest BCUT2D eigenvalue weighted by Gasteiger charge is -2.04. The maximum atomic E-state index is 11.9. The molecule has 0 aromatic carbocycles. The van der Waals surface area contributed by atoms with Gasteiger partial charge in [0.15, 0.2) is 0 Å². The highest BCUT2D eigenvalue weighted by atomic mass is 79.9. The molecule has 0 N–H and O–H groups in total. The van der Waals surface area contributed by atoms with Gasteiger partial charge < -0.3 is 43.4 Å². The molecule has 0 bridgehead atoms. The number of carbonyl (C=O) groups excluding carboxylic acids is 2. The summed E-state index contributed by atoms with van der Waals surface area (Å²) in [5.41, 5.74) is 6.41. The van der Waals surface area contributed by atoms with E-state index in [0.717, 1.165) is 24.2 Å². The van der Waals surface area contributed by atoms with E-state index in [2.05, 4.69) is 20.2 Å². The van der Waals surface area contributed by atoms with Crippen molar-refractivity contribution >= 4 is 34.6 Å². The third kappa shape index (κ3) is 14.0. The quantitative estimate of drug-likeness (QED) is 0.112. The fraction of sp³-hybridized carbons (Fsp3) is 0.714. The molecule has 2 aromatic rings. The number of ether oxygens (including phenoxy) is 2. The van der Waals surface area contributed by atoms with Gasteiger partial charge in [-0.2, -0.15) is 9.13 Å². The van der Waals surface area contributed by atoms with Crippen LogP contribution in [0.3, 0.4) is 0 Å². The Morgan fingerprint density at radius 1 is 0.632 bits per heavy atom. The van der Waals surface area contributed by atoms with Crippen molar-refractivity contribution < 1.29 is 62.2 Å². The number of thiazole rings is 2.